The van der Waals surface area contributed by atoms with Gasteiger partial charge in [0.1, 0.15) is 0 Å². The third-order valence-corrected chi connectivity index (χ3v) is 15.4. The molecule has 0 saturated carbocycles. The van der Waals surface area contributed by atoms with Gasteiger partial charge in [-0.2, -0.15) is 0 Å². The third-order valence-electron chi connectivity index (χ3n) is 15.4. The summed E-state index contributed by atoms with van der Waals surface area (Å²) in [6.07, 6.45) is 12.1. The van der Waals surface area contributed by atoms with Gasteiger partial charge in [0.2, 0.25) is 0 Å². The Morgan fingerprint density at radius 2 is 0.564 bits per heavy atom. The van der Waals surface area contributed by atoms with Crippen molar-refractivity contribution >= 4 is 0 Å². The number of hydrogen-bond donors (Lipinski definition) is 0. The Labute approximate surface area is 638 Å². The molecule has 0 aliphatic rings. The fraction of sp³-hybridized carbons (Fsp3) is 0.0870. The fourth-order valence-corrected chi connectivity index (χ4v) is 10.3. The van der Waals surface area contributed by atoms with E-state index in [2.05, 4.69) is 204 Å². The van der Waals surface area contributed by atoms with Gasteiger partial charge in [-0.25, -0.2) is 0 Å². The van der Waals surface area contributed by atoms with Gasteiger partial charge in [-0.05, 0) is 140 Å². The van der Waals surface area contributed by atoms with Gasteiger partial charge in [0, 0.05) is 97.5 Å². The summed E-state index contributed by atoms with van der Waals surface area (Å²) in [5.74, 6) is 1.20. The molecule has 15 aromatic rings. The van der Waals surface area contributed by atoms with Crippen molar-refractivity contribution in [3.8, 4) is 101 Å². The van der Waals surface area contributed by atoms with Crippen molar-refractivity contribution in [2.75, 3.05) is 0 Å². The van der Waals surface area contributed by atoms with E-state index in [1.54, 1.807) is 18.6 Å². The molecule has 6 nitrogen and oxygen atoms in total. The summed E-state index contributed by atoms with van der Waals surface area (Å²) >= 11 is 0. The first kappa shape index (κ1) is 78.2. The zero-order valence-corrected chi connectivity index (χ0v) is 64.1. The predicted molar refractivity (Wildman–Crippen MR) is 405 cm³/mol. The molecule has 0 saturated heterocycles. The van der Waals surface area contributed by atoms with Gasteiger partial charge in [-0.1, -0.05) is 161 Å². The molecule has 6 aromatic heterocycles. The molecule has 3 radical (unpaired) electrons. The van der Waals surface area contributed by atoms with Gasteiger partial charge in [-0.15, -0.1) is 215 Å². The molecule has 9 aromatic carbocycles. The Morgan fingerprint density at radius 1 is 0.257 bits per heavy atom. The average molecular weight is 1840 g/mol. The number of aryl methyl sites for hydroxylation is 1. The molecule has 0 spiro atoms. The minimum atomic E-state index is 0. The summed E-state index contributed by atoms with van der Waals surface area (Å²) in [5, 5.41) is 0. The zero-order valence-electron chi connectivity index (χ0n) is 57.0. The number of benzene rings is 9. The molecular weight excluding hydrogens is 1770 g/mol. The molecule has 0 fully saturated rings. The molecule has 9 heteroatoms. The minimum absolute atomic E-state index is 0. The molecule has 101 heavy (non-hydrogen) atoms. The molecule has 0 aliphatic carbocycles. The van der Waals surface area contributed by atoms with Gasteiger partial charge in [0.25, 0.3) is 0 Å². The first-order chi connectivity index (χ1) is 48.2. The van der Waals surface area contributed by atoms with Gasteiger partial charge in [0.05, 0.1) is 0 Å². The van der Waals surface area contributed by atoms with Crippen LogP contribution in [-0.4, -0.2) is 29.9 Å². The van der Waals surface area contributed by atoms with E-state index < -0.39 is 0 Å². The molecule has 0 bridgehead atoms. The van der Waals surface area contributed by atoms with Crippen molar-refractivity contribution in [3.63, 3.8) is 0 Å². The molecule has 0 aliphatic heterocycles. The Bertz CT molecular complexity index is 4440. The van der Waals surface area contributed by atoms with E-state index >= 15 is 0 Å². The molecule has 0 N–H and O–H groups in total. The second-order valence-corrected chi connectivity index (χ2v) is 23.5. The molecule has 507 valence electrons. The second kappa shape index (κ2) is 42.7. The third kappa shape index (κ3) is 25.2. The summed E-state index contributed by atoms with van der Waals surface area (Å²) in [6.45, 7) is 11.0. The van der Waals surface area contributed by atoms with E-state index in [4.69, 9.17) is 0 Å². The summed E-state index contributed by atoms with van der Waals surface area (Å²) in [5.41, 5.74) is 23.3. The van der Waals surface area contributed by atoms with Crippen LogP contribution in [0.25, 0.3) is 101 Å². The van der Waals surface area contributed by atoms with E-state index in [9.17, 15) is 0 Å². The fourth-order valence-electron chi connectivity index (χ4n) is 10.3. The standard InChI is InChI=1S/C21H20N.C20H18N.C18H14N.3C11H8N.3Ir/c1-16(2)13-17-7-6-10-19(14-17)20-11-12-22-21(15-20)18-8-4-3-5-9-18;1-15(2)17-9-6-10-18(13-17)19-11-12-21-20(14-19)16-7-4-3-5-8-16;1-14-7-9-15(10-8-14)17-11-12-19-18(13-17)16-5-3-2-4-6-16;3*1-2-6-10(7-3-1)11-8-4-5-9-12-11;;;/h3-8,10-12,14-16H,13H2,1-2H3;3-7,9-15H,1-2H3;2-5,7-13H,1H3;3*1-6,8-9H;;;/q6*-1;;;. The van der Waals surface area contributed by atoms with Gasteiger partial charge < -0.3 is 29.9 Å². The number of aromatic nitrogens is 6. The number of rotatable bonds is 12. The summed E-state index contributed by atoms with van der Waals surface area (Å²) in [4.78, 5) is 26.0. The van der Waals surface area contributed by atoms with Crippen LogP contribution in [0.5, 0.6) is 0 Å². The van der Waals surface area contributed by atoms with Crippen LogP contribution in [0.4, 0.5) is 0 Å². The quantitative estimate of drug-likeness (QED) is 0.113. The Hall–Kier alpha value is -10.2. The van der Waals surface area contributed by atoms with Crippen LogP contribution in [-0.2, 0) is 66.7 Å². The largest absolute Gasteiger partial charge is 0.305 e. The average Bonchev–Trinajstić information content (AvgIpc) is 0.846. The van der Waals surface area contributed by atoms with Crippen LogP contribution in [0, 0.1) is 49.2 Å². The monoisotopic (exact) mass is 1840 g/mol. The smallest absolute Gasteiger partial charge is 0.0166 e. The van der Waals surface area contributed by atoms with Crippen molar-refractivity contribution < 1.29 is 60.3 Å². The van der Waals surface area contributed by atoms with Crippen molar-refractivity contribution in [1.82, 2.24) is 29.9 Å². The van der Waals surface area contributed by atoms with Crippen LogP contribution in [0.1, 0.15) is 50.3 Å². The number of nitrogens with zero attached hydrogens (tertiary/aromatic N) is 6. The normalized spacial score (nSPS) is 10.0. The number of pyridine rings is 6. The van der Waals surface area contributed by atoms with Gasteiger partial charge in [-0.3, -0.25) is 0 Å². The predicted octanol–water partition coefficient (Wildman–Crippen LogP) is 22.9. The molecule has 0 atom stereocenters. The van der Waals surface area contributed by atoms with Crippen molar-refractivity contribution in [2.24, 2.45) is 5.92 Å². The summed E-state index contributed by atoms with van der Waals surface area (Å²) in [6, 6.07) is 123. The maximum absolute atomic E-state index is 4.47. The Kier molecular flexibility index (Phi) is 33.1. The van der Waals surface area contributed by atoms with Crippen molar-refractivity contribution in [2.45, 2.75) is 47.0 Å². The topological polar surface area (TPSA) is 77.3 Å². The Balaban J connectivity index is 0.000000172. The van der Waals surface area contributed by atoms with Crippen LogP contribution < -0.4 is 0 Å². The minimum Gasteiger partial charge on any atom is -0.305 e. The van der Waals surface area contributed by atoms with Crippen LogP contribution in [0.15, 0.2) is 347 Å². The van der Waals surface area contributed by atoms with Gasteiger partial charge >= 0.3 is 0 Å². The summed E-state index contributed by atoms with van der Waals surface area (Å²) in [7, 11) is 0. The maximum atomic E-state index is 4.47. The number of hydrogen-bond acceptors (Lipinski definition) is 6. The second-order valence-electron chi connectivity index (χ2n) is 23.5. The Morgan fingerprint density at radius 3 is 0.881 bits per heavy atom. The zero-order chi connectivity index (χ0) is 67.8. The van der Waals surface area contributed by atoms with E-state index in [0.717, 1.165) is 74.0 Å². The SMILES string of the molecule is CC(C)Cc1cccc(-c2ccnc(-c3[c-]cccc3)c2)c1.CC(C)c1cccc(-c2ccnc(-c3[c-]cccc3)c2)c1.Cc1ccc(-c2ccnc(-c3[c-]cccc3)c2)cc1.[Ir].[Ir].[Ir].[c-]1ccccc1-c1ccccn1.[c-]1ccccc1-c1ccccn1.[c-]1ccccc1-c1ccccn1. The first-order valence-electron chi connectivity index (χ1n) is 32.9. The molecule has 0 amide bonds. The molecule has 15 rings (SSSR count). The molecule has 6 heterocycles. The molecular formula is C92H76Ir3N6-6. The van der Waals surface area contributed by atoms with E-state index in [0.29, 0.717) is 11.8 Å². The molecule has 0 unspecified atom stereocenters. The van der Waals surface area contributed by atoms with E-state index in [1.807, 2.05) is 225 Å². The van der Waals surface area contributed by atoms with Crippen molar-refractivity contribution in [1.29, 1.82) is 0 Å². The van der Waals surface area contributed by atoms with Crippen LogP contribution >= 0.6 is 0 Å². The van der Waals surface area contributed by atoms with E-state index in [1.165, 1.54) is 50.1 Å². The van der Waals surface area contributed by atoms with E-state index in [-0.39, 0.29) is 60.3 Å². The van der Waals surface area contributed by atoms with Crippen LogP contribution in [0.2, 0.25) is 0 Å². The van der Waals surface area contributed by atoms with Crippen LogP contribution in [0.3, 0.4) is 0 Å². The summed E-state index contributed by atoms with van der Waals surface area (Å²) < 4.78 is 0. The maximum Gasteiger partial charge on any atom is 0.0166 e. The van der Waals surface area contributed by atoms with Crippen molar-refractivity contribution in [3.05, 3.63) is 400 Å². The van der Waals surface area contributed by atoms with Gasteiger partial charge in [0.15, 0.2) is 0 Å². The first-order valence-corrected chi connectivity index (χ1v) is 32.9.